The lowest BCUT2D eigenvalue weighted by Gasteiger charge is -2.13. The maximum absolute atomic E-state index is 10.8. The zero-order chi connectivity index (χ0) is 12.3. The number of aromatic nitrogens is 4. The smallest absolute Gasteiger partial charge is 0.219 e. The molecule has 2 heterocycles. The van der Waals surface area contributed by atoms with Gasteiger partial charge in [-0.25, -0.2) is 9.97 Å². The molecule has 0 radical (unpaired) electrons. The summed E-state index contributed by atoms with van der Waals surface area (Å²) >= 11 is 0. The van der Waals surface area contributed by atoms with Crippen LogP contribution in [-0.2, 0) is 0 Å². The van der Waals surface area contributed by atoms with Gasteiger partial charge in [-0.1, -0.05) is 0 Å². The fourth-order valence-electron chi connectivity index (χ4n) is 1.46. The zero-order valence-corrected chi connectivity index (χ0v) is 9.54. The van der Waals surface area contributed by atoms with Gasteiger partial charge in [0.1, 0.15) is 12.4 Å². The number of nitrogens with zero attached hydrogens (tertiary/aromatic N) is 3. The van der Waals surface area contributed by atoms with Crippen LogP contribution in [0.4, 0.5) is 0 Å². The van der Waals surface area contributed by atoms with E-state index < -0.39 is 0 Å². The summed E-state index contributed by atoms with van der Waals surface area (Å²) < 4.78 is 5.65. The summed E-state index contributed by atoms with van der Waals surface area (Å²) in [4.78, 5) is 18.7. The van der Waals surface area contributed by atoms with E-state index in [2.05, 4.69) is 20.2 Å². The molecule has 2 rings (SSSR count). The van der Waals surface area contributed by atoms with Gasteiger partial charge in [0.2, 0.25) is 5.88 Å². The van der Waals surface area contributed by atoms with Gasteiger partial charge in [0.25, 0.3) is 0 Å². The summed E-state index contributed by atoms with van der Waals surface area (Å²) in [6, 6.07) is 0. The molecule has 2 aromatic rings. The van der Waals surface area contributed by atoms with Gasteiger partial charge < -0.3 is 4.74 Å². The Labute approximate surface area is 98.1 Å². The summed E-state index contributed by atoms with van der Waals surface area (Å²) in [6.45, 7) is 3.68. The second-order valence-electron chi connectivity index (χ2n) is 3.63. The van der Waals surface area contributed by atoms with Crippen LogP contribution in [0.5, 0.6) is 5.88 Å². The SMILES string of the molecule is Cc1cncnc1OC(C)c1[nH]ncc1C=O. The summed E-state index contributed by atoms with van der Waals surface area (Å²) in [5, 5.41) is 6.56. The minimum absolute atomic E-state index is 0.328. The Morgan fingerprint density at radius 2 is 2.29 bits per heavy atom. The molecule has 0 saturated heterocycles. The van der Waals surface area contributed by atoms with Crippen molar-refractivity contribution >= 4 is 6.29 Å². The molecular formula is C11H12N4O2. The predicted octanol–water partition coefficient (Wildman–Crippen LogP) is 1.46. The highest BCUT2D eigenvalue weighted by molar-refractivity contribution is 5.76. The summed E-state index contributed by atoms with van der Waals surface area (Å²) in [6.07, 6.45) is 4.97. The van der Waals surface area contributed by atoms with Crippen molar-refractivity contribution in [2.75, 3.05) is 0 Å². The molecule has 2 aromatic heterocycles. The van der Waals surface area contributed by atoms with Gasteiger partial charge >= 0.3 is 0 Å². The van der Waals surface area contributed by atoms with Crippen molar-refractivity contribution in [2.24, 2.45) is 0 Å². The Bertz CT molecular complexity index is 524. The minimum Gasteiger partial charge on any atom is -0.468 e. The number of H-pyrrole nitrogens is 1. The van der Waals surface area contributed by atoms with Crippen LogP contribution < -0.4 is 4.74 Å². The van der Waals surface area contributed by atoms with Crippen LogP contribution in [0.1, 0.15) is 34.6 Å². The molecule has 0 spiro atoms. The maximum Gasteiger partial charge on any atom is 0.219 e. The van der Waals surface area contributed by atoms with Crippen molar-refractivity contribution in [1.82, 2.24) is 20.2 Å². The quantitative estimate of drug-likeness (QED) is 0.807. The first kappa shape index (κ1) is 11.3. The molecule has 0 aliphatic rings. The van der Waals surface area contributed by atoms with Gasteiger partial charge in [0, 0.05) is 11.8 Å². The second-order valence-corrected chi connectivity index (χ2v) is 3.63. The number of nitrogens with one attached hydrogen (secondary N) is 1. The lowest BCUT2D eigenvalue weighted by molar-refractivity contribution is 0.111. The molecular weight excluding hydrogens is 220 g/mol. The van der Waals surface area contributed by atoms with E-state index in [1.165, 1.54) is 12.5 Å². The van der Waals surface area contributed by atoms with E-state index in [9.17, 15) is 4.79 Å². The molecule has 0 aromatic carbocycles. The zero-order valence-electron chi connectivity index (χ0n) is 9.54. The highest BCUT2D eigenvalue weighted by Gasteiger charge is 2.15. The Balaban J connectivity index is 2.20. The Morgan fingerprint density at radius 1 is 1.47 bits per heavy atom. The van der Waals surface area contributed by atoms with E-state index in [0.29, 0.717) is 17.1 Å². The third-order valence-electron chi connectivity index (χ3n) is 2.37. The first-order valence-corrected chi connectivity index (χ1v) is 5.14. The van der Waals surface area contributed by atoms with Gasteiger partial charge in [0.05, 0.1) is 17.5 Å². The number of aromatic amines is 1. The molecule has 6 nitrogen and oxygen atoms in total. The number of hydrogen-bond acceptors (Lipinski definition) is 5. The average molecular weight is 232 g/mol. The van der Waals surface area contributed by atoms with Crippen molar-refractivity contribution in [3.8, 4) is 5.88 Å². The topological polar surface area (TPSA) is 80.8 Å². The average Bonchev–Trinajstić information content (AvgIpc) is 2.80. The first-order valence-electron chi connectivity index (χ1n) is 5.14. The number of aryl methyl sites for hydroxylation is 1. The number of aldehydes is 1. The Hall–Kier alpha value is -2.24. The molecule has 0 fully saturated rings. The molecule has 0 saturated carbocycles. The fourth-order valence-corrected chi connectivity index (χ4v) is 1.46. The number of carbonyl (C=O) groups excluding carboxylic acids is 1. The van der Waals surface area contributed by atoms with E-state index in [1.807, 2.05) is 13.8 Å². The van der Waals surface area contributed by atoms with Crippen LogP contribution >= 0.6 is 0 Å². The predicted molar refractivity (Wildman–Crippen MR) is 59.8 cm³/mol. The highest BCUT2D eigenvalue weighted by Crippen LogP contribution is 2.22. The van der Waals surface area contributed by atoms with Crippen molar-refractivity contribution in [3.05, 3.63) is 35.5 Å². The van der Waals surface area contributed by atoms with Gasteiger partial charge in [-0.05, 0) is 13.8 Å². The van der Waals surface area contributed by atoms with Crippen molar-refractivity contribution < 1.29 is 9.53 Å². The number of carbonyl (C=O) groups is 1. The van der Waals surface area contributed by atoms with Gasteiger partial charge in [-0.15, -0.1) is 0 Å². The molecule has 88 valence electrons. The molecule has 0 aliphatic heterocycles. The minimum atomic E-state index is -0.328. The third-order valence-corrected chi connectivity index (χ3v) is 2.37. The molecule has 1 N–H and O–H groups in total. The van der Waals surface area contributed by atoms with E-state index >= 15 is 0 Å². The normalized spacial score (nSPS) is 12.1. The van der Waals surface area contributed by atoms with E-state index in [-0.39, 0.29) is 6.10 Å². The Morgan fingerprint density at radius 3 is 3.00 bits per heavy atom. The van der Waals surface area contributed by atoms with E-state index in [0.717, 1.165) is 11.8 Å². The number of rotatable bonds is 4. The van der Waals surface area contributed by atoms with Crippen LogP contribution in [0.15, 0.2) is 18.7 Å². The molecule has 1 atom stereocenters. The number of ether oxygens (including phenoxy) is 1. The molecule has 0 bridgehead atoms. The van der Waals surface area contributed by atoms with Crippen LogP contribution in [-0.4, -0.2) is 26.5 Å². The maximum atomic E-state index is 10.8. The lowest BCUT2D eigenvalue weighted by Crippen LogP contribution is -2.08. The van der Waals surface area contributed by atoms with Crippen molar-refractivity contribution in [3.63, 3.8) is 0 Å². The molecule has 0 aliphatic carbocycles. The highest BCUT2D eigenvalue weighted by atomic mass is 16.5. The second kappa shape index (κ2) is 4.73. The van der Waals surface area contributed by atoms with E-state index in [4.69, 9.17) is 4.74 Å². The van der Waals surface area contributed by atoms with E-state index in [1.54, 1.807) is 6.20 Å². The molecule has 6 heteroatoms. The van der Waals surface area contributed by atoms with Gasteiger partial charge in [-0.2, -0.15) is 5.10 Å². The van der Waals surface area contributed by atoms with Crippen molar-refractivity contribution in [2.45, 2.75) is 20.0 Å². The van der Waals surface area contributed by atoms with Gasteiger partial charge in [0.15, 0.2) is 6.29 Å². The van der Waals surface area contributed by atoms with Crippen LogP contribution in [0, 0.1) is 6.92 Å². The van der Waals surface area contributed by atoms with Crippen LogP contribution in [0.3, 0.4) is 0 Å². The summed E-state index contributed by atoms with van der Waals surface area (Å²) in [5.74, 6) is 0.499. The molecule has 0 amide bonds. The van der Waals surface area contributed by atoms with Gasteiger partial charge in [-0.3, -0.25) is 9.89 Å². The molecule has 17 heavy (non-hydrogen) atoms. The summed E-state index contributed by atoms with van der Waals surface area (Å²) in [5.41, 5.74) is 1.97. The molecule has 1 unspecified atom stereocenters. The first-order chi connectivity index (χ1) is 8.22. The number of hydrogen-bond donors (Lipinski definition) is 1. The standard InChI is InChI=1S/C11H12N4O2/c1-7-3-12-6-13-11(7)17-8(2)10-9(5-16)4-14-15-10/h3-6,8H,1-2H3,(H,14,15). The lowest BCUT2D eigenvalue weighted by atomic mass is 10.2. The Kier molecular flexibility index (Phi) is 3.13. The monoisotopic (exact) mass is 232 g/mol. The summed E-state index contributed by atoms with van der Waals surface area (Å²) in [7, 11) is 0. The van der Waals surface area contributed by atoms with Crippen molar-refractivity contribution in [1.29, 1.82) is 0 Å². The van der Waals surface area contributed by atoms with Crippen LogP contribution in [0.25, 0.3) is 0 Å². The fraction of sp³-hybridized carbons (Fsp3) is 0.273. The third kappa shape index (κ3) is 2.30. The largest absolute Gasteiger partial charge is 0.468 e. The van der Waals surface area contributed by atoms with Crippen LogP contribution in [0.2, 0.25) is 0 Å².